The molecule has 18 heavy (non-hydrogen) atoms. The second-order valence-corrected chi connectivity index (χ2v) is 4.02. The molecule has 0 heterocycles. The quantitative estimate of drug-likeness (QED) is 0.798. The molecular weight excluding hydrogens is 234 g/mol. The third kappa shape index (κ3) is 3.13. The maximum atomic E-state index is 11.0. The number of carboxylic acids is 1. The van der Waals surface area contributed by atoms with Crippen LogP contribution in [-0.4, -0.2) is 38.4 Å². The fourth-order valence-electron chi connectivity index (χ4n) is 1.78. The van der Waals surface area contributed by atoms with Crippen molar-refractivity contribution in [3.05, 3.63) is 23.3 Å². The van der Waals surface area contributed by atoms with Gasteiger partial charge in [0.15, 0.2) is 11.5 Å². The van der Waals surface area contributed by atoms with Crippen molar-refractivity contribution in [1.82, 2.24) is 5.32 Å². The van der Waals surface area contributed by atoms with Gasteiger partial charge in [0.25, 0.3) is 0 Å². The molecule has 100 valence electrons. The summed E-state index contributed by atoms with van der Waals surface area (Å²) < 4.78 is 10.4. The number of rotatable bonds is 6. The average Bonchev–Trinajstić information content (AvgIpc) is 2.36. The molecule has 0 aliphatic carbocycles. The van der Waals surface area contributed by atoms with Gasteiger partial charge in [0.1, 0.15) is 6.04 Å². The molecule has 0 bridgehead atoms. The standard InChI is InChI=1S/C13H19NO4/c1-8-5-11(17-3)12(18-4)7-9(8)6-10(14-2)13(15)16/h5,7,10,14H,6H2,1-4H3,(H,15,16). The largest absolute Gasteiger partial charge is 0.493 e. The van der Waals surface area contributed by atoms with Crippen molar-refractivity contribution in [3.63, 3.8) is 0 Å². The van der Waals surface area contributed by atoms with Gasteiger partial charge in [-0.15, -0.1) is 0 Å². The van der Waals surface area contributed by atoms with E-state index < -0.39 is 12.0 Å². The highest BCUT2D eigenvalue weighted by Gasteiger charge is 2.18. The summed E-state index contributed by atoms with van der Waals surface area (Å²) in [5.74, 6) is 0.389. The maximum absolute atomic E-state index is 11.0. The molecule has 1 aromatic rings. The predicted molar refractivity (Wildman–Crippen MR) is 68.5 cm³/mol. The molecule has 5 heteroatoms. The van der Waals surface area contributed by atoms with Crippen LogP contribution in [0.25, 0.3) is 0 Å². The highest BCUT2D eigenvalue weighted by molar-refractivity contribution is 5.74. The Morgan fingerprint density at radius 1 is 1.33 bits per heavy atom. The van der Waals surface area contributed by atoms with Crippen LogP contribution in [0.5, 0.6) is 11.5 Å². The smallest absolute Gasteiger partial charge is 0.321 e. The summed E-state index contributed by atoms with van der Waals surface area (Å²) in [5, 5.41) is 11.8. The van der Waals surface area contributed by atoms with Crippen molar-refractivity contribution in [2.24, 2.45) is 0 Å². The Hall–Kier alpha value is -1.75. The first-order valence-corrected chi connectivity index (χ1v) is 5.65. The van der Waals surface area contributed by atoms with Gasteiger partial charge in [-0.1, -0.05) is 0 Å². The Labute approximate surface area is 107 Å². The van der Waals surface area contributed by atoms with Crippen molar-refractivity contribution in [3.8, 4) is 11.5 Å². The van der Waals surface area contributed by atoms with E-state index in [2.05, 4.69) is 5.32 Å². The number of benzene rings is 1. The van der Waals surface area contributed by atoms with Crippen molar-refractivity contribution < 1.29 is 19.4 Å². The van der Waals surface area contributed by atoms with Gasteiger partial charge < -0.3 is 19.9 Å². The zero-order valence-electron chi connectivity index (χ0n) is 11.1. The minimum absolute atomic E-state index is 0.401. The minimum atomic E-state index is -0.869. The topological polar surface area (TPSA) is 67.8 Å². The Balaban J connectivity index is 3.05. The molecule has 0 fully saturated rings. The Kier molecular flexibility index (Phi) is 4.97. The SMILES string of the molecule is CNC(Cc1cc(OC)c(OC)cc1C)C(=O)O. The minimum Gasteiger partial charge on any atom is -0.493 e. The van der Waals surface area contributed by atoms with Crippen molar-refractivity contribution >= 4 is 5.97 Å². The van der Waals surface area contributed by atoms with Crippen molar-refractivity contribution in [2.75, 3.05) is 21.3 Å². The zero-order valence-corrected chi connectivity index (χ0v) is 11.1. The van der Waals surface area contributed by atoms with Crippen LogP contribution >= 0.6 is 0 Å². The third-order valence-corrected chi connectivity index (χ3v) is 2.91. The van der Waals surface area contributed by atoms with Gasteiger partial charge in [-0.25, -0.2) is 0 Å². The van der Waals surface area contributed by atoms with Crippen LogP contribution < -0.4 is 14.8 Å². The number of aliphatic carboxylic acids is 1. The van der Waals surface area contributed by atoms with Crippen LogP contribution in [0.15, 0.2) is 12.1 Å². The number of ether oxygens (including phenoxy) is 2. The van der Waals surface area contributed by atoms with Gasteiger partial charge in [0, 0.05) is 0 Å². The molecular formula is C13H19NO4. The summed E-state index contributed by atoms with van der Waals surface area (Å²) in [6.07, 6.45) is 0.401. The van der Waals surface area contributed by atoms with E-state index in [-0.39, 0.29) is 0 Å². The molecule has 0 saturated carbocycles. The molecule has 1 unspecified atom stereocenters. The lowest BCUT2D eigenvalue weighted by molar-refractivity contribution is -0.139. The van der Waals surface area contributed by atoms with E-state index in [4.69, 9.17) is 14.6 Å². The van der Waals surface area contributed by atoms with Crippen molar-refractivity contribution in [2.45, 2.75) is 19.4 Å². The van der Waals surface area contributed by atoms with Gasteiger partial charge in [0.05, 0.1) is 14.2 Å². The molecule has 0 amide bonds. The number of aryl methyl sites for hydroxylation is 1. The van der Waals surface area contributed by atoms with E-state index in [1.54, 1.807) is 21.3 Å². The monoisotopic (exact) mass is 253 g/mol. The number of carbonyl (C=O) groups is 1. The summed E-state index contributed by atoms with van der Waals surface area (Å²) in [6.45, 7) is 1.92. The molecule has 0 aliphatic heterocycles. The van der Waals surface area contributed by atoms with Crippen LogP contribution in [-0.2, 0) is 11.2 Å². The Morgan fingerprint density at radius 2 is 1.89 bits per heavy atom. The summed E-state index contributed by atoms with van der Waals surface area (Å²) >= 11 is 0. The zero-order chi connectivity index (χ0) is 13.7. The van der Waals surface area contributed by atoms with E-state index in [9.17, 15) is 4.79 Å². The highest BCUT2D eigenvalue weighted by Crippen LogP contribution is 2.30. The van der Waals surface area contributed by atoms with E-state index >= 15 is 0 Å². The van der Waals surface area contributed by atoms with Gasteiger partial charge in [-0.2, -0.15) is 0 Å². The molecule has 0 radical (unpaired) electrons. The van der Waals surface area contributed by atoms with E-state index in [0.29, 0.717) is 17.9 Å². The van der Waals surface area contributed by atoms with Gasteiger partial charge in [-0.05, 0) is 43.7 Å². The number of hydrogen-bond donors (Lipinski definition) is 2. The van der Waals surface area contributed by atoms with Crippen LogP contribution in [0, 0.1) is 6.92 Å². The van der Waals surface area contributed by atoms with Gasteiger partial charge in [0.2, 0.25) is 0 Å². The number of methoxy groups -OCH3 is 2. The molecule has 0 aliphatic rings. The lowest BCUT2D eigenvalue weighted by Gasteiger charge is -2.16. The maximum Gasteiger partial charge on any atom is 0.321 e. The molecule has 0 aromatic heterocycles. The van der Waals surface area contributed by atoms with Crippen LogP contribution in [0.2, 0.25) is 0 Å². The Morgan fingerprint density at radius 3 is 2.33 bits per heavy atom. The van der Waals surface area contributed by atoms with E-state index in [1.807, 2.05) is 19.1 Å². The van der Waals surface area contributed by atoms with Gasteiger partial charge >= 0.3 is 5.97 Å². The summed E-state index contributed by atoms with van der Waals surface area (Å²) in [7, 11) is 4.77. The first-order valence-electron chi connectivity index (χ1n) is 5.65. The van der Waals surface area contributed by atoms with Crippen molar-refractivity contribution in [1.29, 1.82) is 0 Å². The second kappa shape index (κ2) is 6.26. The number of likely N-dealkylation sites (N-methyl/N-ethyl adjacent to an activating group) is 1. The molecule has 1 rings (SSSR count). The van der Waals surface area contributed by atoms with Crippen LogP contribution in [0.4, 0.5) is 0 Å². The average molecular weight is 253 g/mol. The molecule has 0 saturated heterocycles. The molecule has 1 atom stereocenters. The number of hydrogen-bond acceptors (Lipinski definition) is 4. The highest BCUT2D eigenvalue weighted by atomic mass is 16.5. The van der Waals surface area contributed by atoms with E-state index in [0.717, 1.165) is 11.1 Å². The number of carboxylic acid groups (broad SMARTS) is 1. The molecule has 0 spiro atoms. The van der Waals surface area contributed by atoms with E-state index in [1.165, 1.54) is 0 Å². The molecule has 5 nitrogen and oxygen atoms in total. The van der Waals surface area contributed by atoms with Crippen LogP contribution in [0.1, 0.15) is 11.1 Å². The lowest BCUT2D eigenvalue weighted by Crippen LogP contribution is -2.35. The first-order chi connectivity index (χ1) is 8.53. The summed E-state index contributed by atoms with van der Waals surface area (Å²) in [5.41, 5.74) is 1.91. The summed E-state index contributed by atoms with van der Waals surface area (Å²) in [6, 6.07) is 3.06. The predicted octanol–water partition coefficient (Wildman–Crippen LogP) is 1.23. The summed E-state index contributed by atoms with van der Waals surface area (Å²) in [4.78, 5) is 11.0. The Bertz CT molecular complexity index is 431. The third-order valence-electron chi connectivity index (χ3n) is 2.91. The first kappa shape index (κ1) is 14.3. The fraction of sp³-hybridized carbons (Fsp3) is 0.462. The lowest BCUT2D eigenvalue weighted by atomic mass is 10.0. The van der Waals surface area contributed by atoms with Gasteiger partial charge in [-0.3, -0.25) is 4.79 Å². The fourth-order valence-corrected chi connectivity index (χ4v) is 1.78. The normalized spacial score (nSPS) is 12.0. The number of nitrogens with one attached hydrogen (secondary N) is 1. The molecule has 1 aromatic carbocycles. The second-order valence-electron chi connectivity index (χ2n) is 4.02. The van der Waals surface area contributed by atoms with Crippen LogP contribution in [0.3, 0.4) is 0 Å². The molecule has 2 N–H and O–H groups in total.